The van der Waals surface area contributed by atoms with Crippen LogP contribution in [0.1, 0.15) is 35.6 Å². The van der Waals surface area contributed by atoms with Gasteiger partial charge in [-0.25, -0.2) is 0 Å². The summed E-state index contributed by atoms with van der Waals surface area (Å²) in [5, 5.41) is 7.29. The second-order valence-electron chi connectivity index (χ2n) is 5.93. The largest absolute Gasteiger partial charge is 0.349 e. The van der Waals surface area contributed by atoms with E-state index in [0.29, 0.717) is 0 Å². The van der Waals surface area contributed by atoms with E-state index < -0.39 is 0 Å². The van der Waals surface area contributed by atoms with Gasteiger partial charge in [0.1, 0.15) is 0 Å². The molecule has 0 saturated carbocycles. The Hall–Kier alpha value is -2.88. The molecular weight excluding hydrogens is 298 g/mol. The number of amides is 1. The predicted molar refractivity (Wildman–Crippen MR) is 94.5 cm³/mol. The molecule has 0 fully saturated rings. The highest BCUT2D eigenvalue weighted by Gasteiger charge is 2.24. The average Bonchev–Trinajstić information content (AvgIpc) is 3.04. The van der Waals surface area contributed by atoms with Gasteiger partial charge in [-0.2, -0.15) is 5.10 Å². The number of rotatable bonds is 5. The van der Waals surface area contributed by atoms with Crippen LogP contribution in [0.3, 0.4) is 0 Å². The van der Waals surface area contributed by atoms with Crippen molar-refractivity contribution in [2.45, 2.75) is 18.9 Å². The number of hydrogen-bond acceptors (Lipinski definition) is 2. The summed E-state index contributed by atoms with van der Waals surface area (Å²) in [7, 11) is 1.87. The molecule has 0 unspecified atom stereocenters. The SMILES string of the molecule is C[C@@H](NC(=O)C(c1ccccc1)c1ccccc1)c1cnn(C)c1. The van der Waals surface area contributed by atoms with Gasteiger partial charge in [-0.15, -0.1) is 0 Å². The number of carbonyl (C=O) groups excluding carboxylic acids is 1. The van der Waals surface area contributed by atoms with Gasteiger partial charge >= 0.3 is 0 Å². The van der Waals surface area contributed by atoms with Crippen molar-refractivity contribution in [2.24, 2.45) is 7.05 Å². The summed E-state index contributed by atoms with van der Waals surface area (Å²) in [6.45, 7) is 1.97. The zero-order chi connectivity index (χ0) is 16.9. The van der Waals surface area contributed by atoms with E-state index >= 15 is 0 Å². The van der Waals surface area contributed by atoms with E-state index in [4.69, 9.17) is 0 Å². The number of nitrogens with zero attached hydrogens (tertiary/aromatic N) is 2. The first-order valence-corrected chi connectivity index (χ1v) is 8.04. The van der Waals surface area contributed by atoms with Gasteiger partial charge in [-0.3, -0.25) is 9.48 Å². The Bertz CT molecular complexity index is 757. The molecule has 1 heterocycles. The molecule has 1 aromatic heterocycles. The molecule has 3 rings (SSSR count). The van der Waals surface area contributed by atoms with Gasteiger partial charge < -0.3 is 5.32 Å². The Balaban J connectivity index is 1.87. The van der Waals surface area contributed by atoms with Crippen molar-refractivity contribution in [1.82, 2.24) is 15.1 Å². The van der Waals surface area contributed by atoms with E-state index in [1.54, 1.807) is 10.9 Å². The third-order valence-corrected chi connectivity index (χ3v) is 4.11. The van der Waals surface area contributed by atoms with Gasteiger partial charge in [-0.1, -0.05) is 60.7 Å². The molecule has 0 bridgehead atoms. The Labute approximate surface area is 142 Å². The lowest BCUT2D eigenvalue weighted by Crippen LogP contribution is -2.32. The van der Waals surface area contributed by atoms with Crippen LogP contribution in [0.25, 0.3) is 0 Å². The van der Waals surface area contributed by atoms with Crippen molar-refractivity contribution in [1.29, 1.82) is 0 Å². The molecule has 0 saturated heterocycles. The number of aryl methyl sites for hydroxylation is 1. The molecule has 0 aliphatic heterocycles. The fraction of sp³-hybridized carbons (Fsp3) is 0.200. The number of hydrogen-bond donors (Lipinski definition) is 1. The minimum absolute atomic E-state index is 0.0104. The van der Waals surface area contributed by atoms with Crippen molar-refractivity contribution in [2.75, 3.05) is 0 Å². The molecule has 0 radical (unpaired) electrons. The van der Waals surface area contributed by atoms with Gasteiger partial charge in [0, 0.05) is 18.8 Å². The van der Waals surface area contributed by atoms with E-state index in [-0.39, 0.29) is 17.9 Å². The topological polar surface area (TPSA) is 46.9 Å². The maximum absolute atomic E-state index is 13.0. The molecule has 0 aliphatic carbocycles. The summed E-state index contributed by atoms with van der Waals surface area (Å²) in [5.74, 6) is -0.338. The second kappa shape index (κ2) is 7.13. The smallest absolute Gasteiger partial charge is 0.232 e. The van der Waals surface area contributed by atoms with Crippen LogP contribution in [-0.4, -0.2) is 15.7 Å². The highest BCUT2D eigenvalue weighted by atomic mass is 16.1. The molecular formula is C20H21N3O. The normalized spacial score (nSPS) is 12.1. The van der Waals surface area contributed by atoms with E-state index in [2.05, 4.69) is 10.4 Å². The van der Waals surface area contributed by atoms with Crippen LogP contribution < -0.4 is 5.32 Å². The van der Waals surface area contributed by atoms with Gasteiger partial charge in [0.2, 0.25) is 5.91 Å². The summed E-state index contributed by atoms with van der Waals surface area (Å²) in [5.41, 5.74) is 2.96. The lowest BCUT2D eigenvalue weighted by atomic mass is 9.90. The average molecular weight is 319 g/mol. The molecule has 2 aromatic carbocycles. The van der Waals surface area contributed by atoms with Crippen LogP contribution in [-0.2, 0) is 11.8 Å². The lowest BCUT2D eigenvalue weighted by Gasteiger charge is -2.20. The molecule has 24 heavy (non-hydrogen) atoms. The molecule has 122 valence electrons. The summed E-state index contributed by atoms with van der Waals surface area (Å²) in [6.07, 6.45) is 3.70. The maximum Gasteiger partial charge on any atom is 0.232 e. The summed E-state index contributed by atoms with van der Waals surface area (Å²) < 4.78 is 1.74. The summed E-state index contributed by atoms with van der Waals surface area (Å²) in [6, 6.07) is 19.6. The number of carbonyl (C=O) groups is 1. The van der Waals surface area contributed by atoms with Crippen LogP contribution in [0.2, 0.25) is 0 Å². The molecule has 0 spiro atoms. The Morgan fingerprint density at radius 1 is 0.958 bits per heavy atom. The molecule has 4 heteroatoms. The Morgan fingerprint density at radius 3 is 1.96 bits per heavy atom. The third kappa shape index (κ3) is 3.54. The van der Waals surface area contributed by atoms with E-state index in [1.807, 2.05) is 80.8 Å². The fourth-order valence-corrected chi connectivity index (χ4v) is 2.83. The number of benzene rings is 2. The van der Waals surface area contributed by atoms with Crippen molar-refractivity contribution in [3.63, 3.8) is 0 Å². The van der Waals surface area contributed by atoms with E-state index in [1.165, 1.54) is 0 Å². The molecule has 3 aromatic rings. The Kier molecular flexibility index (Phi) is 4.75. The standard InChI is InChI=1S/C20H21N3O/c1-15(18-13-21-23(2)14-18)22-20(24)19(16-9-5-3-6-10-16)17-11-7-4-8-12-17/h3-15,19H,1-2H3,(H,22,24)/t15-/m1/s1. The highest BCUT2D eigenvalue weighted by molar-refractivity contribution is 5.87. The van der Waals surface area contributed by atoms with Crippen LogP contribution in [0.5, 0.6) is 0 Å². The molecule has 4 nitrogen and oxygen atoms in total. The van der Waals surface area contributed by atoms with Gasteiger partial charge in [0.25, 0.3) is 0 Å². The first kappa shape index (κ1) is 16.0. The lowest BCUT2D eigenvalue weighted by molar-refractivity contribution is -0.122. The van der Waals surface area contributed by atoms with Crippen LogP contribution in [0.4, 0.5) is 0 Å². The minimum Gasteiger partial charge on any atom is -0.349 e. The number of nitrogens with one attached hydrogen (secondary N) is 1. The molecule has 1 amide bonds. The van der Waals surface area contributed by atoms with Crippen LogP contribution in [0, 0.1) is 0 Å². The zero-order valence-electron chi connectivity index (χ0n) is 13.9. The van der Waals surface area contributed by atoms with Crippen molar-refractivity contribution >= 4 is 5.91 Å². The summed E-state index contributed by atoms with van der Waals surface area (Å²) in [4.78, 5) is 13.0. The predicted octanol–water partition coefficient (Wildman–Crippen LogP) is 3.43. The molecule has 0 aliphatic rings. The fourth-order valence-electron chi connectivity index (χ4n) is 2.83. The van der Waals surface area contributed by atoms with Crippen LogP contribution in [0.15, 0.2) is 73.1 Å². The van der Waals surface area contributed by atoms with Crippen molar-refractivity contribution < 1.29 is 4.79 Å². The number of aromatic nitrogens is 2. The van der Waals surface area contributed by atoms with Gasteiger partial charge in [-0.05, 0) is 18.1 Å². The highest BCUT2D eigenvalue weighted by Crippen LogP contribution is 2.26. The maximum atomic E-state index is 13.0. The summed E-state index contributed by atoms with van der Waals surface area (Å²) >= 11 is 0. The first-order chi connectivity index (χ1) is 11.6. The zero-order valence-corrected chi connectivity index (χ0v) is 13.9. The van der Waals surface area contributed by atoms with E-state index in [0.717, 1.165) is 16.7 Å². The third-order valence-electron chi connectivity index (χ3n) is 4.11. The quantitative estimate of drug-likeness (QED) is 0.783. The van der Waals surface area contributed by atoms with Crippen molar-refractivity contribution in [3.8, 4) is 0 Å². The van der Waals surface area contributed by atoms with Gasteiger partial charge in [0.05, 0.1) is 18.2 Å². The van der Waals surface area contributed by atoms with E-state index in [9.17, 15) is 4.79 Å². The van der Waals surface area contributed by atoms with Crippen LogP contribution >= 0.6 is 0 Å². The van der Waals surface area contributed by atoms with Gasteiger partial charge in [0.15, 0.2) is 0 Å². The minimum atomic E-state index is -0.327. The Morgan fingerprint density at radius 2 is 1.50 bits per heavy atom. The monoisotopic (exact) mass is 319 g/mol. The van der Waals surface area contributed by atoms with Crippen molar-refractivity contribution in [3.05, 3.63) is 89.7 Å². The molecule has 1 N–H and O–H groups in total. The first-order valence-electron chi connectivity index (χ1n) is 8.04. The molecule has 1 atom stereocenters. The second-order valence-corrected chi connectivity index (χ2v) is 5.93.